The topological polar surface area (TPSA) is 104 Å². The highest BCUT2D eigenvalue weighted by Gasteiger charge is 2.31. The highest BCUT2D eigenvalue weighted by atomic mass is 32.2. The van der Waals surface area contributed by atoms with Crippen LogP contribution in [0.5, 0.6) is 0 Å². The van der Waals surface area contributed by atoms with Gasteiger partial charge in [0.2, 0.25) is 15.9 Å². The fourth-order valence-electron chi connectivity index (χ4n) is 3.82. The van der Waals surface area contributed by atoms with Crippen LogP contribution in [-0.2, 0) is 24.7 Å². The minimum Gasteiger partial charge on any atom is -0.325 e. The molecule has 0 aliphatic carbocycles. The standard InChI is InChI=1S/C19H29N3O5S2/c1-21(17-10-13-28(24,25)15-17)14-19(23)20-16-6-8-18(9-7-16)29(26,27)22-11-4-2-3-5-12-22/h6-9,17H,2-5,10-15H2,1H3,(H,20,23). The molecule has 3 rings (SSSR count). The molecule has 1 amide bonds. The average molecular weight is 444 g/mol. The van der Waals surface area contributed by atoms with Gasteiger partial charge >= 0.3 is 0 Å². The lowest BCUT2D eigenvalue weighted by Gasteiger charge is -2.22. The van der Waals surface area contributed by atoms with Crippen molar-refractivity contribution in [1.82, 2.24) is 9.21 Å². The molecule has 1 N–H and O–H groups in total. The molecule has 162 valence electrons. The molecule has 1 aromatic rings. The number of nitrogens with zero attached hydrogens (tertiary/aromatic N) is 2. The van der Waals surface area contributed by atoms with Crippen LogP contribution in [-0.4, -0.2) is 76.2 Å². The van der Waals surface area contributed by atoms with E-state index >= 15 is 0 Å². The number of amides is 1. The lowest BCUT2D eigenvalue weighted by Crippen LogP contribution is -2.38. The lowest BCUT2D eigenvalue weighted by atomic mass is 10.2. The number of benzene rings is 1. The Labute approximate surface area is 173 Å². The molecule has 2 aliphatic heterocycles. The largest absolute Gasteiger partial charge is 0.325 e. The zero-order chi connectivity index (χ0) is 21.1. The molecule has 29 heavy (non-hydrogen) atoms. The maximum absolute atomic E-state index is 12.8. The third-order valence-corrected chi connectivity index (χ3v) is 9.23. The predicted octanol–water partition coefficient (Wildman–Crippen LogP) is 1.31. The van der Waals surface area contributed by atoms with Gasteiger partial charge in [0, 0.05) is 24.8 Å². The van der Waals surface area contributed by atoms with E-state index in [1.807, 2.05) is 0 Å². The SMILES string of the molecule is CN(CC(=O)Nc1ccc(S(=O)(=O)N2CCCCCC2)cc1)C1CCS(=O)(=O)C1. The second-order valence-electron chi connectivity index (χ2n) is 7.86. The van der Waals surface area contributed by atoms with E-state index in [2.05, 4.69) is 5.32 Å². The highest BCUT2D eigenvalue weighted by molar-refractivity contribution is 7.91. The third kappa shape index (κ3) is 5.78. The van der Waals surface area contributed by atoms with Crippen molar-refractivity contribution in [2.45, 2.75) is 43.0 Å². The van der Waals surface area contributed by atoms with Gasteiger partial charge in [0.1, 0.15) is 0 Å². The number of likely N-dealkylation sites (N-methyl/N-ethyl adjacent to an activating group) is 1. The summed E-state index contributed by atoms with van der Waals surface area (Å²) in [7, 11) is -4.78. The van der Waals surface area contributed by atoms with Crippen molar-refractivity contribution in [3.63, 3.8) is 0 Å². The van der Waals surface area contributed by atoms with Crippen LogP contribution in [0.2, 0.25) is 0 Å². The Morgan fingerprint density at radius 2 is 1.76 bits per heavy atom. The van der Waals surface area contributed by atoms with Crippen molar-refractivity contribution in [1.29, 1.82) is 0 Å². The molecule has 0 saturated carbocycles. The lowest BCUT2D eigenvalue weighted by molar-refractivity contribution is -0.117. The van der Waals surface area contributed by atoms with E-state index in [0.717, 1.165) is 25.7 Å². The van der Waals surface area contributed by atoms with Gasteiger partial charge in [-0.15, -0.1) is 0 Å². The average Bonchev–Trinajstić information content (AvgIpc) is 2.85. The normalized spacial score (nSPS) is 23.0. The van der Waals surface area contributed by atoms with Crippen LogP contribution < -0.4 is 5.32 Å². The summed E-state index contributed by atoms with van der Waals surface area (Å²) in [5, 5.41) is 2.75. The van der Waals surface area contributed by atoms with E-state index in [9.17, 15) is 21.6 Å². The fraction of sp³-hybridized carbons (Fsp3) is 0.632. The molecule has 8 nitrogen and oxygen atoms in total. The molecule has 0 bridgehead atoms. The maximum Gasteiger partial charge on any atom is 0.243 e. The molecule has 0 aromatic heterocycles. The van der Waals surface area contributed by atoms with Crippen LogP contribution in [0, 0.1) is 0 Å². The quantitative estimate of drug-likeness (QED) is 0.711. The van der Waals surface area contributed by atoms with E-state index < -0.39 is 19.9 Å². The summed E-state index contributed by atoms with van der Waals surface area (Å²) in [5.74, 6) is -0.0175. The Kier molecular flexibility index (Phi) is 6.98. The van der Waals surface area contributed by atoms with Crippen LogP contribution in [0.3, 0.4) is 0 Å². The minimum absolute atomic E-state index is 0.0774. The van der Waals surface area contributed by atoms with Gasteiger partial charge in [0.25, 0.3) is 0 Å². The molecule has 1 unspecified atom stereocenters. The monoisotopic (exact) mass is 443 g/mol. The van der Waals surface area contributed by atoms with Gasteiger partial charge in [-0.05, 0) is 50.6 Å². The molecular weight excluding hydrogens is 414 g/mol. The van der Waals surface area contributed by atoms with Gasteiger partial charge in [-0.25, -0.2) is 16.8 Å². The molecule has 2 fully saturated rings. The Morgan fingerprint density at radius 3 is 2.31 bits per heavy atom. The summed E-state index contributed by atoms with van der Waals surface area (Å²) in [6.07, 6.45) is 4.40. The molecule has 10 heteroatoms. The number of sulfonamides is 1. The first-order chi connectivity index (χ1) is 13.7. The summed E-state index contributed by atoms with van der Waals surface area (Å²) in [5.41, 5.74) is 0.511. The summed E-state index contributed by atoms with van der Waals surface area (Å²) < 4.78 is 50.3. The molecule has 2 saturated heterocycles. The zero-order valence-corrected chi connectivity index (χ0v) is 18.3. The second kappa shape index (κ2) is 9.11. The van der Waals surface area contributed by atoms with E-state index in [4.69, 9.17) is 0 Å². The number of carbonyl (C=O) groups excluding carboxylic acids is 1. The first kappa shape index (κ1) is 22.2. The summed E-state index contributed by atoms with van der Waals surface area (Å²) in [4.78, 5) is 14.3. The van der Waals surface area contributed by atoms with Gasteiger partial charge in [-0.3, -0.25) is 9.69 Å². The summed E-state index contributed by atoms with van der Waals surface area (Å²) in [6, 6.07) is 6.06. The van der Waals surface area contributed by atoms with Gasteiger partial charge in [-0.1, -0.05) is 12.8 Å². The molecule has 2 heterocycles. The molecule has 2 aliphatic rings. The first-order valence-corrected chi connectivity index (χ1v) is 13.2. The zero-order valence-electron chi connectivity index (χ0n) is 16.7. The molecule has 1 aromatic carbocycles. The number of carbonyl (C=O) groups is 1. The number of nitrogens with one attached hydrogen (secondary N) is 1. The minimum atomic E-state index is -3.52. The van der Waals surface area contributed by atoms with Gasteiger partial charge in [-0.2, -0.15) is 4.31 Å². The molecule has 0 spiro atoms. The summed E-state index contributed by atoms with van der Waals surface area (Å²) in [6.45, 7) is 1.17. The van der Waals surface area contributed by atoms with Gasteiger partial charge < -0.3 is 5.32 Å². The Morgan fingerprint density at radius 1 is 1.14 bits per heavy atom. The van der Waals surface area contributed by atoms with Crippen molar-refractivity contribution in [3.05, 3.63) is 24.3 Å². The van der Waals surface area contributed by atoms with Crippen LogP contribution in [0.1, 0.15) is 32.1 Å². The van der Waals surface area contributed by atoms with Gasteiger partial charge in [0.05, 0.1) is 22.9 Å². The first-order valence-electron chi connectivity index (χ1n) is 9.98. The molecular formula is C19H29N3O5S2. The van der Waals surface area contributed by atoms with Crippen molar-refractivity contribution in [3.8, 4) is 0 Å². The second-order valence-corrected chi connectivity index (χ2v) is 12.0. The highest BCUT2D eigenvalue weighted by Crippen LogP contribution is 2.22. The predicted molar refractivity (Wildman–Crippen MR) is 112 cm³/mol. The fourth-order valence-corrected chi connectivity index (χ4v) is 7.14. The number of anilines is 1. The number of hydrogen-bond donors (Lipinski definition) is 1. The number of sulfone groups is 1. The Hall–Kier alpha value is -1.49. The third-order valence-electron chi connectivity index (χ3n) is 5.57. The van der Waals surface area contributed by atoms with Gasteiger partial charge in [0.15, 0.2) is 9.84 Å². The number of hydrogen-bond acceptors (Lipinski definition) is 6. The van der Waals surface area contributed by atoms with Crippen LogP contribution >= 0.6 is 0 Å². The Bertz CT molecular complexity index is 921. The van der Waals surface area contributed by atoms with E-state index in [-0.39, 0.29) is 34.9 Å². The van der Waals surface area contributed by atoms with Crippen LogP contribution in [0.15, 0.2) is 29.2 Å². The van der Waals surface area contributed by atoms with Crippen molar-refractivity contribution < 1.29 is 21.6 Å². The maximum atomic E-state index is 12.8. The smallest absolute Gasteiger partial charge is 0.243 e. The number of rotatable bonds is 6. The van der Waals surface area contributed by atoms with Crippen molar-refractivity contribution >= 4 is 31.5 Å². The van der Waals surface area contributed by atoms with Crippen molar-refractivity contribution in [2.75, 3.05) is 43.5 Å². The molecule has 1 atom stereocenters. The Balaban J connectivity index is 1.58. The van der Waals surface area contributed by atoms with Crippen molar-refractivity contribution in [2.24, 2.45) is 0 Å². The molecule has 0 radical (unpaired) electrons. The van der Waals surface area contributed by atoms with Crippen LogP contribution in [0.25, 0.3) is 0 Å². The van der Waals surface area contributed by atoms with E-state index in [1.54, 1.807) is 24.1 Å². The van der Waals surface area contributed by atoms with E-state index in [0.29, 0.717) is 25.2 Å². The van der Waals surface area contributed by atoms with E-state index in [1.165, 1.54) is 16.4 Å². The van der Waals surface area contributed by atoms with Crippen LogP contribution in [0.4, 0.5) is 5.69 Å². The summed E-state index contributed by atoms with van der Waals surface area (Å²) >= 11 is 0.